The lowest BCUT2D eigenvalue weighted by atomic mass is 9.69. The Morgan fingerprint density at radius 2 is 2.19 bits per heavy atom. The van der Waals surface area contributed by atoms with Gasteiger partial charge in [-0.15, -0.1) is 0 Å². The molecule has 0 bridgehead atoms. The van der Waals surface area contributed by atoms with Gasteiger partial charge in [0.25, 0.3) is 0 Å². The quantitative estimate of drug-likeness (QED) is 0.819. The number of hydrogen-bond donors (Lipinski definition) is 1. The van der Waals surface area contributed by atoms with E-state index in [1.165, 1.54) is 12.2 Å². The Kier molecular flexibility index (Phi) is 3.16. The maximum absolute atomic E-state index is 11.9. The fraction of sp³-hybridized carbons (Fsp3) is 0.833. The van der Waals surface area contributed by atoms with Gasteiger partial charge in [0.05, 0.1) is 6.07 Å². The van der Waals surface area contributed by atoms with E-state index in [1.807, 2.05) is 11.8 Å². The van der Waals surface area contributed by atoms with Crippen LogP contribution < -0.4 is 5.32 Å². The zero-order valence-corrected chi connectivity index (χ0v) is 10.5. The van der Waals surface area contributed by atoms with E-state index in [9.17, 15) is 4.79 Å². The van der Waals surface area contributed by atoms with E-state index in [4.69, 9.17) is 5.26 Å². The van der Waals surface area contributed by atoms with Gasteiger partial charge in [0.15, 0.2) is 0 Å². The van der Waals surface area contributed by atoms with E-state index >= 15 is 0 Å². The van der Waals surface area contributed by atoms with Crippen LogP contribution in [0.1, 0.15) is 39.0 Å². The molecule has 4 heteroatoms. The first-order valence-electron chi connectivity index (χ1n) is 5.94. The normalized spacial score (nSPS) is 31.5. The van der Waals surface area contributed by atoms with Crippen LogP contribution >= 0.6 is 11.8 Å². The molecule has 1 aliphatic heterocycles. The summed E-state index contributed by atoms with van der Waals surface area (Å²) in [6, 6.07) is 2.18. The Balaban J connectivity index is 1.86. The summed E-state index contributed by atoms with van der Waals surface area (Å²) < 4.78 is 0.191. The van der Waals surface area contributed by atoms with E-state index < -0.39 is 5.41 Å². The molecule has 0 aromatic rings. The molecular formula is C12H18N2OS. The van der Waals surface area contributed by atoms with E-state index in [0.717, 1.165) is 25.7 Å². The smallest absolute Gasteiger partial charge is 0.240 e. The molecule has 1 amide bonds. The molecule has 1 N–H and O–H groups in total. The number of thioether (sulfide) groups is 1. The van der Waals surface area contributed by atoms with Gasteiger partial charge < -0.3 is 5.32 Å². The van der Waals surface area contributed by atoms with Crippen LogP contribution in [0.5, 0.6) is 0 Å². The zero-order valence-electron chi connectivity index (χ0n) is 9.71. The first-order valence-corrected chi connectivity index (χ1v) is 6.92. The number of amides is 1. The SMILES string of the molecule is CC1(CNC(=O)C2(C#N)CCC2)CCCS1. The maximum atomic E-state index is 11.9. The highest BCUT2D eigenvalue weighted by Crippen LogP contribution is 2.41. The van der Waals surface area contributed by atoms with Gasteiger partial charge in [-0.05, 0) is 44.8 Å². The molecule has 0 aromatic carbocycles. The molecular weight excluding hydrogens is 220 g/mol. The second-order valence-electron chi connectivity index (χ2n) is 5.13. The van der Waals surface area contributed by atoms with Crippen LogP contribution in [0, 0.1) is 16.7 Å². The number of nitriles is 1. The molecule has 1 saturated heterocycles. The Hall–Kier alpha value is -0.690. The standard InChI is InChI=1S/C12H18N2OS/c1-11(4-3-7-16-11)9-14-10(15)12(8-13)5-2-6-12/h2-7,9H2,1H3,(H,14,15). The Bertz CT molecular complexity index is 324. The minimum Gasteiger partial charge on any atom is -0.353 e. The van der Waals surface area contributed by atoms with Gasteiger partial charge in [-0.3, -0.25) is 4.79 Å². The van der Waals surface area contributed by atoms with Gasteiger partial charge in [-0.2, -0.15) is 17.0 Å². The van der Waals surface area contributed by atoms with Crippen LogP contribution in [0.3, 0.4) is 0 Å². The van der Waals surface area contributed by atoms with Gasteiger partial charge in [0.1, 0.15) is 5.41 Å². The highest BCUT2D eigenvalue weighted by atomic mass is 32.2. The van der Waals surface area contributed by atoms with Crippen LogP contribution in [0.15, 0.2) is 0 Å². The van der Waals surface area contributed by atoms with Crippen molar-refractivity contribution in [1.82, 2.24) is 5.32 Å². The summed E-state index contributed by atoms with van der Waals surface area (Å²) in [6.07, 6.45) is 4.88. The molecule has 1 atom stereocenters. The van der Waals surface area contributed by atoms with Crippen LogP contribution in [0.4, 0.5) is 0 Å². The highest BCUT2D eigenvalue weighted by Gasteiger charge is 2.45. The van der Waals surface area contributed by atoms with Crippen molar-refractivity contribution in [3.05, 3.63) is 0 Å². The summed E-state index contributed by atoms with van der Waals surface area (Å²) in [6.45, 7) is 2.91. The van der Waals surface area contributed by atoms with Gasteiger partial charge >= 0.3 is 0 Å². The number of hydrogen-bond acceptors (Lipinski definition) is 3. The molecule has 1 saturated carbocycles. The molecule has 2 rings (SSSR count). The summed E-state index contributed by atoms with van der Waals surface area (Å²) in [5, 5.41) is 12.0. The third-order valence-electron chi connectivity index (χ3n) is 3.78. The fourth-order valence-corrected chi connectivity index (χ4v) is 3.58. The van der Waals surface area contributed by atoms with Crippen molar-refractivity contribution in [2.75, 3.05) is 12.3 Å². The van der Waals surface area contributed by atoms with E-state index in [0.29, 0.717) is 6.54 Å². The predicted octanol–water partition coefficient (Wildman–Crippen LogP) is 2.08. The second-order valence-corrected chi connectivity index (χ2v) is 6.81. The number of nitrogens with zero attached hydrogens (tertiary/aromatic N) is 1. The Morgan fingerprint density at radius 1 is 1.44 bits per heavy atom. The summed E-state index contributed by atoms with van der Waals surface area (Å²) in [5.74, 6) is 1.14. The molecule has 2 aliphatic rings. The third kappa shape index (κ3) is 2.06. The fourth-order valence-electron chi connectivity index (χ4n) is 2.33. The average Bonchev–Trinajstić information content (AvgIpc) is 2.62. The van der Waals surface area contributed by atoms with Crippen molar-refractivity contribution in [1.29, 1.82) is 5.26 Å². The van der Waals surface area contributed by atoms with Crippen LogP contribution in [-0.2, 0) is 4.79 Å². The molecule has 2 fully saturated rings. The summed E-state index contributed by atoms with van der Waals surface area (Å²) >= 11 is 1.93. The van der Waals surface area contributed by atoms with Crippen LogP contribution in [-0.4, -0.2) is 23.0 Å². The summed E-state index contributed by atoms with van der Waals surface area (Å²) in [4.78, 5) is 11.9. The third-order valence-corrected chi connectivity index (χ3v) is 5.32. The maximum Gasteiger partial charge on any atom is 0.240 e. The van der Waals surface area contributed by atoms with Gasteiger partial charge in [-0.1, -0.05) is 0 Å². The topological polar surface area (TPSA) is 52.9 Å². The number of carbonyl (C=O) groups is 1. The van der Waals surface area contributed by atoms with Crippen LogP contribution in [0.25, 0.3) is 0 Å². The lowest BCUT2D eigenvalue weighted by Gasteiger charge is -2.34. The molecule has 1 unspecified atom stereocenters. The van der Waals surface area contributed by atoms with Crippen molar-refractivity contribution in [3.8, 4) is 6.07 Å². The molecule has 16 heavy (non-hydrogen) atoms. The van der Waals surface area contributed by atoms with E-state index in [2.05, 4.69) is 18.3 Å². The highest BCUT2D eigenvalue weighted by molar-refractivity contribution is 8.00. The average molecular weight is 238 g/mol. The van der Waals surface area contributed by atoms with Gasteiger partial charge in [0, 0.05) is 11.3 Å². The molecule has 1 aliphatic carbocycles. The lowest BCUT2D eigenvalue weighted by Crippen LogP contribution is -2.48. The van der Waals surface area contributed by atoms with Gasteiger partial charge in [0.2, 0.25) is 5.91 Å². The molecule has 88 valence electrons. The Morgan fingerprint density at radius 3 is 2.62 bits per heavy atom. The first kappa shape index (κ1) is 11.8. The van der Waals surface area contributed by atoms with E-state index in [-0.39, 0.29) is 10.7 Å². The lowest BCUT2D eigenvalue weighted by molar-refractivity contribution is -0.131. The number of nitrogens with one attached hydrogen (secondary N) is 1. The summed E-state index contributed by atoms with van der Waals surface area (Å²) in [5.41, 5.74) is -0.695. The second kappa shape index (κ2) is 4.29. The van der Waals surface area contributed by atoms with Gasteiger partial charge in [-0.25, -0.2) is 0 Å². The molecule has 0 aromatic heterocycles. The minimum absolute atomic E-state index is 0.0463. The number of carbonyl (C=O) groups excluding carboxylic acids is 1. The molecule has 0 spiro atoms. The Labute approximate surface area is 101 Å². The monoisotopic (exact) mass is 238 g/mol. The molecule has 0 radical (unpaired) electrons. The summed E-state index contributed by atoms with van der Waals surface area (Å²) in [7, 11) is 0. The largest absolute Gasteiger partial charge is 0.353 e. The van der Waals surface area contributed by atoms with Crippen molar-refractivity contribution >= 4 is 17.7 Å². The first-order chi connectivity index (χ1) is 7.60. The van der Waals surface area contributed by atoms with Crippen LogP contribution in [0.2, 0.25) is 0 Å². The molecule has 1 heterocycles. The number of rotatable bonds is 3. The van der Waals surface area contributed by atoms with Crippen molar-refractivity contribution in [2.24, 2.45) is 5.41 Å². The van der Waals surface area contributed by atoms with Crippen molar-refractivity contribution in [2.45, 2.75) is 43.8 Å². The zero-order chi connectivity index (χ0) is 11.6. The predicted molar refractivity (Wildman–Crippen MR) is 65.0 cm³/mol. The van der Waals surface area contributed by atoms with Crippen molar-refractivity contribution < 1.29 is 4.79 Å². The molecule has 3 nitrogen and oxygen atoms in total. The minimum atomic E-state index is -0.695. The van der Waals surface area contributed by atoms with E-state index in [1.54, 1.807) is 0 Å². The van der Waals surface area contributed by atoms with Crippen molar-refractivity contribution in [3.63, 3.8) is 0 Å².